The van der Waals surface area contributed by atoms with E-state index in [1.165, 1.54) is 12.8 Å². The number of hydrogen-bond acceptors (Lipinski definition) is 3. The van der Waals surface area contributed by atoms with E-state index in [-0.39, 0.29) is 6.61 Å². The molecule has 1 heterocycles. The summed E-state index contributed by atoms with van der Waals surface area (Å²) < 4.78 is 0. The van der Waals surface area contributed by atoms with Gasteiger partial charge < -0.3 is 5.11 Å². The molecule has 1 saturated heterocycles. The Balaban J connectivity index is 2.29. The maximum atomic E-state index is 11.5. The number of aliphatic hydroxyl groups is 1. The number of carbonyl (C=O) groups excluding carboxylic acids is 1. The van der Waals surface area contributed by atoms with Crippen LogP contribution >= 0.6 is 0 Å². The summed E-state index contributed by atoms with van der Waals surface area (Å²) in [5, 5.41) is 8.79. The van der Waals surface area contributed by atoms with Crippen LogP contribution in [-0.2, 0) is 4.79 Å². The first-order chi connectivity index (χ1) is 7.27. The van der Waals surface area contributed by atoms with Crippen LogP contribution in [0.3, 0.4) is 0 Å². The molecule has 0 aromatic carbocycles. The summed E-state index contributed by atoms with van der Waals surface area (Å²) in [5.41, 5.74) is 0. The lowest BCUT2D eigenvalue weighted by Crippen LogP contribution is -2.34. The van der Waals surface area contributed by atoms with Crippen molar-refractivity contribution in [1.82, 2.24) is 4.90 Å². The highest BCUT2D eigenvalue weighted by Gasteiger charge is 2.25. The van der Waals surface area contributed by atoms with E-state index in [1.54, 1.807) is 0 Å². The van der Waals surface area contributed by atoms with Gasteiger partial charge in [0, 0.05) is 19.1 Å². The molecule has 1 atom stereocenters. The highest BCUT2D eigenvalue weighted by molar-refractivity contribution is 5.80. The smallest absolute Gasteiger partial charge is 0.146 e. The number of Topliss-reactive ketones (excluding diaryl/α,β-unsaturated/α-hetero) is 1. The third kappa shape index (κ3) is 4.31. The van der Waals surface area contributed by atoms with E-state index in [0.29, 0.717) is 24.8 Å². The second-order valence-corrected chi connectivity index (χ2v) is 4.42. The molecule has 0 amide bonds. The van der Waals surface area contributed by atoms with E-state index in [4.69, 9.17) is 5.11 Å². The van der Waals surface area contributed by atoms with Gasteiger partial charge in [-0.1, -0.05) is 6.92 Å². The molecule has 88 valence electrons. The van der Waals surface area contributed by atoms with E-state index < -0.39 is 0 Å². The van der Waals surface area contributed by atoms with Crippen LogP contribution in [0.1, 0.15) is 45.4 Å². The molecule has 0 aliphatic carbocycles. The predicted molar refractivity (Wildman–Crippen MR) is 60.8 cm³/mol. The van der Waals surface area contributed by atoms with Crippen LogP contribution < -0.4 is 0 Å². The summed E-state index contributed by atoms with van der Waals surface area (Å²) in [7, 11) is 0. The van der Waals surface area contributed by atoms with Gasteiger partial charge in [-0.05, 0) is 38.6 Å². The van der Waals surface area contributed by atoms with Crippen LogP contribution in [0.2, 0.25) is 0 Å². The Morgan fingerprint density at radius 1 is 1.53 bits per heavy atom. The highest BCUT2D eigenvalue weighted by atomic mass is 16.2. The average Bonchev–Trinajstić information content (AvgIpc) is 2.63. The van der Waals surface area contributed by atoms with Gasteiger partial charge in [0.2, 0.25) is 0 Å². The minimum absolute atomic E-state index is 0.271. The van der Waals surface area contributed by atoms with E-state index in [0.717, 1.165) is 25.8 Å². The fraction of sp³-hybridized carbons (Fsp3) is 0.917. The summed E-state index contributed by atoms with van der Waals surface area (Å²) in [6.07, 6.45) is 5.96. The minimum atomic E-state index is 0.271. The molecule has 1 N–H and O–H groups in total. The lowest BCUT2D eigenvalue weighted by Gasteiger charge is -2.23. The van der Waals surface area contributed by atoms with Crippen molar-refractivity contribution in [1.29, 1.82) is 0 Å². The largest absolute Gasteiger partial charge is 0.396 e. The van der Waals surface area contributed by atoms with Crippen LogP contribution in [0.5, 0.6) is 0 Å². The Bertz CT molecular complexity index is 194. The SMILES string of the molecule is CCCC(=O)CN1CCCC1CCCO. The molecule has 15 heavy (non-hydrogen) atoms. The standard InChI is InChI=1S/C12H23NO2/c1-2-5-12(15)10-13-8-3-6-11(13)7-4-9-14/h11,14H,2-10H2,1H3. The van der Waals surface area contributed by atoms with Gasteiger partial charge in [0.05, 0.1) is 6.54 Å². The molecule has 3 heteroatoms. The van der Waals surface area contributed by atoms with Crippen molar-refractivity contribution in [3.63, 3.8) is 0 Å². The van der Waals surface area contributed by atoms with Gasteiger partial charge >= 0.3 is 0 Å². The van der Waals surface area contributed by atoms with Crippen molar-refractivity contribution in [2.24, 2.45) is 0 Å². The van der Waals surface area contributed by atoms with Gasteiger partial charge in [0.25, 0.3) is 0 Å². The number of carbonyl (C=O) groups is 1. The van der Waals surface area contributed by atoms with E-state index in [1.807, 2.05) is 6.92 Å². The Morgan fingerprint density at radius 3 is 3.00 bits per heavy atom. The number of nitrogens with zero attached hydrogens (tertiary/aromatic N) is 1. The van der Waals surface area contributed by atoms with Crippen molar-refractivity contribution < 1.29 is 9.90 Å². The zero-order valence-electron chi connectivity index (χ0n) is 9.74. The molecule has 1 rings (SSSR count). The summed E-state index contributed by atoms with van der Waals surface area (Å²) >= 11 is 0. The van der Waals surface area contributed by atoms with Crippen LogP contribution in [0.4, 0.5) is 0 Å². The molecule has 0 radical (unpaired) electrons. The lowest BCUT2D eigenvalue weighted by molar-refractivity contribution is -0.120. The van der Waals surface area contributed by atoms with Crippen molar-refractivity contribution >= 4 is 5.78 Å². The second-order valence-electron chi connectivity index (χ2n) is 4.42. The summed E-state index contributed by atoms with van der Waals surface area (Å²) in [6, 6.07) is 0.540. The molecule has 0 bridgehead atoms. The van der Waals surface area contributed by atoms with Crippen LogP contribution in [0, 0.1) is 0 Å². The van der Waals surface area contributed by atoms with E-state index >= 15 is 0 Å². The molecule has 0 saturated carbocycles. The van der Waals surface area contributed by atoms with Crippen molar-refractivity contribution in [3.8, 4) is 0 Å². The number of likely N-dealkylation sites (tertiary alicyclic amines) is 1. The fourth-order valence-electron chi connectivity index (χ4n) is 2.34. The van der Waals surface area contributed by atoms with E-state index in [2.05, 4.69) is 4.90 Å². The Kier molecular flexibility index (Phi) is 5.88. The van der Waals surface area contributed by atoms with Gasteiger partial charge in [0.1, 0.15) is 5.78 Å². The summed E-state index contributed by atoms with van der Waals surface area (Å²) in [6.45, 7) is 4.01. The average molecular weight is 213 g/mol. The maximum Gasteiger partial charge on any atom is 0.146 e. The molecule has 0 aromatic rings. The quantitative estimate of drug-likeness (QED) is 0.698. The number of ketones is 1. The van der Waals surface area contributed by atoms with Crippen LogP contribution in [-0.4, -0.2) is 41.5 Å². The zero-order valence-corrected chi connectivity index (χ0v) is 9.74. The van der Waals surface area contributed by atoms with Gasteiger partial charge in [-0.3, -0.25) is 9.69 Å². The van der Waals surface area contributed by atoms with Gasteiger partial charge in [0.15, 0.2) is 0 Å². The lowest BCUT2D eigenvalue weighted by atomic mass is 10.1. The second kappa shape index (κ2) is 6.96. The van der Waals surface area contributed by atoms with Crippen molar-refractivity contribution in [2.45, 2.75) is 51.5 Å². The highest BCUT2D eigenvalue weighted by Crippen LogP contribution is 2.21. The third-order valence-corrected chi connectivity index (χ3v) is 3.10. The Morgan fingerprint density at radius 2 is 2.33 bits per heavy atom. The normalized spacial score (nSPS) is 22.1. The fourth-order valence-corrected chi connectivity index (χ4v) is 2.34. The van der Waals surface area contributed by atoms with Gasteiger partial charge in [-0.2, -0.15) is 0 Å². The molecule has 1 aliphatic rings. The number of rotatable bonds is 7. The molecular formula is C12H23NO2. The van der Waals surface area contributed by atoms with Crippen LogP contribution in [0.25, 0.3) is 0 Å². The summed E-state index contributed by atoms with van der Waals surface area (Å²) in [4.78, 5) is 13.8. The first-order valence-corrected chi connectivity index (χ1v) is 6.14. The molecule has 3 nitrogen and oxygen atoms in total. The Labute approximate surface area is 92.5 Å². The summed E-state index contributed by atoms with van der Waals surface area (Å²) in [5.74, 6) is 0.369. The number of hydrogen-bond donors (Lipinski definition) is 1. The topological polar surface area (TPSA) is 40.5 Å². The van der Waals surface area contributed by atoms with Crippen molar-refractivity contribution in [2.75, 3.05) is 19.7 Å². The molecule has 1 unspecified atom stereocenters. The first-order valence-electron chi connectivity index (χ1n) is 6.14. The predicted octanol–water partition coefficient (Wildman–Crippen LogP) is 1.59. The molecular weight excluding hydrogens is 190 g/mol. The minimum Gasteiger partial charge on any atom is -0.396 e. The van der Waals surface area contributed by atoms with Gasteiger partial charge in [-0.15, -0.1) is 0 Å². The molecule has 0 aromatic heterocycles. The van der Waals surface area contributed by atoms with Crippen LogP contribution in [0.15, 0.2) is 0 Å². The monoisotopic (exact) mass is 213 g/mol. The van der Waals surface area contributed by atoms with Crippen molar-refractivity contribution in [3.05, 3.63) is 0 Å². The molecule has 1 fully saturated rings. The Hall–Kier alpha value is -0.410. The number of aliphatic hydroxyl groups excluding tert-OH is 1. The molecule has 0 spiro atoms. The van der Waals surface area contributed by atoms with E-state index in [9.17, 15) is 4.79 Å². The third-order valence-electron chi connectivity index (χ3n) is 3.10. The maximum absolute atomic E-state index is 11.5. The van der Waals surface area contributed by atoms with Gasteiger partial charge in [-0.25, -0.2) is 0 Å². The molecule has 1 aliphatic heterocycles. The first kappa shape index (κ1) is 12.7. The zero-order chi connectivity index (χ0) is 11.1.